The van der Waals surface area contributed by atoms with Crippen molar-refractivity contribution in [1.29, 1.82) is 0 Å². The highest BCUT2D eigenvalue weighted by molar-refractivity contribution is 5.47. The second kappa shape index (κ2) is 6.96. The highest BCUT2D eigenvalue weighted by Gasteiger charge is 2.14. The smallest absolute Gasteiger partial charge is 0.167 e. The quantitative estimate of drug-likeness (QED) is 0.871. The third kappa shape index (κ3) is 3.52. The van der Waals surface area contributed by atoms with Crippen LogP contribution >= 0.6 is 0 Å². The second-order valence-corrected chi connectivity index (χ2v) is 4.56. The van der Waals surface area contributed by atoms with E-state index >= 15 is 0 Å². The number of hydrogen-bond donors (Lipinski definition) is 1. The molecule has 0 aromatic heterocycles. The number of benzene rings is 2. The van der Waals surface area contributed by atoms with Crippen molar-refractivity contribution in [2.75, 3.05) is 6.61 Å². The normalized spacial score (nSPS) is 11.9. The highest BCUT2D eigenvalue weighted by atomic mass is 16.5. The van der Waals surface area contributed by atoms with E-state index in [9.17, 15) is 5.11 Å². The summed E-state index contributed by atoms with van der Waals surface area (Å²) in [5.41, 5.74) is 1.82. The highest BCUT2D eigenvalue weighted by Crippen LogP contribution is 2.35. The minimum atomic E-state index is -0.596. The summed E-state index contributed by atoms with van der Waals surface area (Å²) in [7, 11) is 0. The van der Waals surface area contributed by atoms with Gasteiger partial charge in [-0.2, -0.15) is 0 Å². The van der Waals surface area contributed by atoms with E-state index in [0.29, 0.717) is 24.7 Å². The number of aliphatic hydroxyl groups excluding tert-OH is 1. The van der Waals surface area contributed by atoms with Gasteiger partial charge in [0.15, 0.2) is 11.5 Å². The molecule has 1 atom stereocenters. The maximum Gasteiger partial charge on any atom is 0.167 e. The van der Waals surface area contributed by atoms with Crippen LogP contribution < -0.4 is 9.47 Å². The lowest BCUT2D eigenvalue weighted by Gasteiger charge is -2.17. The fourth-order valence-corrected chi connectivity index (χ4v) is 2.02. The zero-order chi connectivity index (χ0) is 14.4. The van der Waals surface area contributed by atoms with Gasteiger partial charge in [-0.3, -0.25) is 0 Å². The molecular formula is C17H20O3. The molecule has 0 amide bonds. The molecule has 3 heteroatoms. The molecule has 0 aliphatic rings. The molecule has 1 unspecified atom stereocenters. The first-order valence-corrected chi connectivity index (χ1v) is 6.83. The van der Waals surface area contributed by atoms with Gasteiger partial charge in [0, 0.05) is 5.56 Å². The van der Waals surface area contributed by atoms with Crippen molar-refractivity contribution in [2.24, 2.45) is 0 Å². The van der Waals surface area contributed by atoms with Gasteiger partial charge in [-0.25, -0.2) is 0 Å². The van der Waals surface area contributed by atoms with Crippen LogP contribution in [-0.4, -0.2) is 11.7 Å². The second-order valence-electron chi connectivity index (χ2n) is 4.56. The summed E-state index contributed by atoms with van der Waals surface area (Å²) in [4.78, 5) is 0. The molecule has 2 aromatic rings. The van der Waals surface area contributed by atoms with Gasteiger partial charge in [-0.15, -0.1) is 0 Å². The van der Waals surface area contributed by atoms with E-state index in [4.69, 9.17) is 9.47 Å². The molecular weight excluding hydrogens is 252 g/mol. The average molecular weight is 272 g/mol. The molecule has 3 nitrogen and oxygen atoms in total. The summed E-state index contributed by atoms with van der Waals surface area (Å²) >= 11 is 0. The van der Waals surface area contributed by atoms with Crippen molar-refractivity contribution < 1.29 is 14.6 Å². The molecule has 0 heterocycles. The first kappa shape index (κ1) is 14.4. The molecule has 0 bridgehead atoms. The number of aliphatic hydroxyl groups is 1. The van der Waals surface area contributed by atoms with Crippen LogP contribution in [0.25, 0.3) is 0 Å². The Morgan fingerprint density at radius 1 is 1.00 bits per heavy atom. The van der Waals surface area contributed by atoms with Crippen LogP contribution in [0.15, 0.2) is 48.5 Å². The molecule has 2 rings (SSSR count). The zero-order valence-electron chi connectivity index (χ0n) is 11.9. The van der Waals surface area contributed by atoms with Crippen LogP contribution in [0, 0.1) is 0 Å². The molecule has 106 valence electrons. The minimum Gasteiger partial charge on any atom is -0.490 e. The van der Waals surface area contributed by atoms with Gasteiger partial charge in [0.05, 0.1) is 12.7 Å². The fourth-order valence-electron chi connectivity index (χ4n) is 2.02. The van der Waals surface area contributed by atoms with E-state index in [0.717, 1.165) is 11.1 Å². The van der Waals surface area contributed by atoms with E-state index in [1.165, 1.54) is 0 Å². The molecule has 0 saturated heterocycles. The molecule has 0 spiro atoms. The molecule has 2 aromatic carbocycles. The van der Waals surface area contributed by atoms with E-state index in [1.807, 2.05) is 55.5 Å². The van der Waals surface area contributed by atoms with Gasteiger partial charge in [0.25, 0.3) is 0 Å². The summed E-state index contributed by atoms with van der Waals surface area (Å²) < 4.78 is 11.5. The Morgan fingerprint density at radius 2 is 1.75 bits per heavy atom. The molecule has 20 heavy (non-hydrogen) atoms. The zero-order valence-corrected chi connectivity index (χ0v) is 11.9. The van der Waals surface area contributed by atoms with Crippen molar-refractivity contribution in [3.8, 4) is 11.5 Å². The van der Waals surface area contributed by atoms with Gasteiger partial charge >= 0.3 is 0 Å². The van der Waals surface area contributed by atoms with E-state index in [-0.39, 0.29) is 0 Å². The standard InChI is InChI=1S/C17H20O3/c1-3-19-16-11-7-10-15(13(2)18)17(16)20-12-14-8-5-4-6-9-14/h4-11,13,18H,3,12H2,1-2H3. The van der Waals surface area contributed by atoms with Gasteiger partial charge in [-0.1, -0.05) is 42.5 Å². The van der Waals surface area contributed by atoms with E-state index < -0.39 is 6.10 Å². The number of para-hydroxylation sites is 1. The maximum absolute atomic E-state index is 9.86. The van der Waals surface area contributed by atoms with Crippen LogP contribution in [-0.2, 0) is 6.61 Å². The van der Waals surface area contributed by atoms with Crippen molar-refractivity contribution in [3.05, 3.63) is 59.7 Å². The molecule has 0 aliphatic carbocycles. The van der Waals surface area contributed by atoms with Crippen molar-refractivity contribution >= 4 is 0 Å². The van der Waals surface area contributed by atoms with Crippen LogP contribution in [0.1, 0.15) is 31.1 Å². The van der Waals surface area contributed by atoms with Crippen LogP contribution in [0.4, 0.5) is 0 Å². The Balaban J connectivity index is 2.23. The summed E-state index contributed by atoms with van der Waals surface area (Å²) in [6.45, 7) is 4.66. The third-order valence-electron chi connectivity index (χ3n) is 2.99. The summed E-state index contributed by atoms with van der Waals surface area (Å²) in [6.07, 6.45) is -0.596. The van der Waals surface area contributed by atoms with Crippen LogP contribution in [0.5, 0.6) is 11.5 Å². The molecule has 0 fully saturated rings. The van der Waals surface area contributed by atoms with Gasteiger partial charge in [0.2, 0.25) is 0 Å². The summed E-state index contributed by atoms with van der Waals surface area (Å²) in [6, 6.07) is 15.5. The lowest BCUT2D eigenvalue weighted by molar-refractivity contribution is 0.186. The Labute approximate surface area is 119 Å². The molecule has 0 aliphatic heterocycles. The maximum atomic E-state index is 9.86. The topological polar surface area (TPSA) is 38.7 Å². The van der Waals surface area contributed by atoms with Crippen molar-refractivity contribution in [1.82, 2.24) is 0 Å². The first-order valence-electron chi connectivity index (χ1n) is 6.83. The molecule has 1 N–H and O–H groups in total. The van der Waals surface area contributed by atoms with Gasteiger partial charge in [-0.05, 0) is 25.5 Å². The average Bonchev–Trinajstić information content (AvgIpc) is 2.47. The number of hydrogen-bond acceptors (Lipinski definition) is 3. The first-order chi connectivity index (χ1) is 9.72. The summed E-state index contributed by atoms with van der Waals surface area (Å²) in [5, 5.41) is 9.86. The minimum absolute atomic E-state index is 0.449. The lowest BCUT2D eigenvalue weighted by atomic mass is 10.1. The molecule has 0 saturated carbocycles. The summed E-state index contributed by atoms with van der Waals surface area (Å²) in [5.74, 6) is 1.29. The largest absolute Gasteiger partial charge is 0.490 e. The van der Waals surface area contributed by atoms with Crippen molar-refractivity contribution in [3.63, 3.8) is 0 Å². The lowest BCUT2D eigenvalue weighted by Crippen LogP contribution is -2.04. The number of ether oxygens (including phenoxy) is 2. The fraction of sp³-hybridized carbons (Fsp3) is 0.294. The Morgan fingerprint density at radius 3 is 2.40 bits per heavy atom. The van der Waals surface area contributed by atoms with Gasteiger partial charge < -0.3 is 14.6 Å². The van der Waals surface area contributed by atoms with Crippen molar-refractivity contribution in [2.45, 2.75) is 26.6 Å². The monoisotopic (exact) mass is 272 g/mol. The van der Waals surface area contributed by atoms with Crippen LogP contribution in [0.3, 0.4) is 0 Å². The van der Waals surface area contributed by atoms with Crippen LogP contribution in [0.2, 0.25) is 0 Å². The SMILES string of the molecule is CCOc1cccc(C(C)O)c1OCc1ccccc1. The predicted molar refractivity (Wildman–Crippen MR) is 79.0 cm³/mol. The van der Waals surface area contributed by atoms with E-state index in [2.05, 4.69) is 0 Å². The third-order valence-corrected chi connectivity index (χ3v) is 2.99. The Kier molecular flexibility index (Phi) is 5.02. The Bertz CT molecular complexity index is 535. The number of rotatable bonds is 6. The molecule has 0 radical (unpaired) electrons. The predicted octanol–water partition coefficient (Wildman–Crippen LogP) is 3.72. The van der Waals surface area contributed by atoms with E-state index in [1.54, 1.807) is 6.92 Å². The van der Waals surface area contributed by atoms with Gasteiger partial charge in [0.1, 0.15) is 6.61 Å². The Hall–Kier alpha value is -2.00.